The summed E-state index contributed by atoms with van der Waals surface area (Å²) >= 11 is 0. The smallest absolute Gasteiger partial charge is 0.408 e. The van der Waals surface area contributed by atoms with Gasteiger partial charge in [-0.1, -0.05) is 26.5 Å². The fraction of sp³-hybridized carbons (Fsp3) is 0.714. The van der Waals surface area contributed by atoms with E-state index in [1.54, 1.807) is 20.8 Å². The molecule has 0 aliphatic heterocycles. The lowest BCUT2D eigenvalue weighted by Crippen LogP contribution is -2.45. The molecule has 110 valence electrons. The van der Waals surface area contributed by atoms with E-state index in [9.17, 15) is 9.59 Å². The van der Waals surface area contributed by atoms with Crippen LogP contribution in [0.3, 0.4) is 0 Å². The molecule has 0 radical (unpaired) electrons. The molecule has 1 atom stereocenters. The quantitative estimate of drug-likeness (QED) is 0.596. The third kappa shape index (κ3) is 9.11. The van der Waals surface area contributed by atoms with Crippen LogP contribution in [0.2, 0.25) is 0 Å². The Morgan fingerprint density at radius 2 is 1.89 bits per heavy atom. The number of carbonyl (C=O) groups is 2. The predicted octanol–water partition coefficient (Wildman–Crippen LogP) is 2.66. The lowest BCUT2D eigenvalue weighted by molar-refractivity contribution is -0.145. The third-order valence-electron chi connectivity index (χ3n) is 2.03. The van der Waals surface area contributed by atoms with E-state index >= 15 is 0 Å². The van der Waals surface area contributed by atoms with Gasteiger partial charge < -0.3 is 14.8 Å². The fourth-order valence-electron chi connectivity index (χ4n) is 1.38. The monoisotopic (exact) mass is 271 g/mol. The average Bonchev–Trinajstić information content (AvgIpc) is 2.21. The molecule has 0 rings (SSSR count). The van der Waals surface area contributed by atoms with Gasteiger partial charge in [0.05, 0.1) is 0 Å². The predicted molar refractivity (Wildman–Crippen MR) is 73.8 cm³/mol. The molecule has 0 unspecified atom stereocenters. The summed E-state index contributed by atoms with van der Waals surface area (Å²) in [5.41, 5.74) is -0.600. The Bertz CT molecular complexity index is 318. The van der Waals surface area contributed by atoms with Gasteiger partial charge in [0.2, 0.25) is 0 Å². The summed E-state index contributed by atoms with van der Waals surface area (Å²) in [7, 11) is 0. The first kappa shape index (κ1) is 17.5. The Labute approximate surface area is 115 Å². The van der Waals surface area contributed by atoms with Crippen molar-refractivity contribution in [2.75, 3.05) is 6.61 Å². The van der Waals surface area contributed by atoms with Crippen molar-refractivity contribution < 1.29 is 19.1 Å². The summed E-state index contributed by atoms with van der Waals surface area (Å²) in [4.78, 5) is 23.5. The van der Waals surface area contributed by atoms with Crippen LogP contribution in [0.15, 0.2) is 12.7 Å². The maximum atomic E-state index is 11.8. The normalized spacial score (nSPS) is 12.7. The van der Waals surface area contributed by atoms with Gasteiger partial charge in [-0.05, 0) is 33.1 Å². The molecule has 0 aromatic carbocycles. The molecule has 0 saturated heterocycles. The highest BCUT2D eigenvalue weighted by Gasteiger charge is 2.25. The Kier molecular flexibility index (Phi) is 7.19. The van der Waals surface area contributed by atoms with Crippen LogP contribution in [-0.4, -0.2) is 30.3 Å². The van der Waals surface area contributed by atoms with Crippen molar-refractivity contribution in [1.82, 2.24) is 5.32 Å². The second-order valence-electron chi connectivity index (χ2n) is 5.75. The molecule has 0 aliphatic rings. The number of ether oxygens (including phenoxy) is 2. The minimum Gasteiger partial charge on any atom is -0.460 e. The van der Waals surface area contributed by atoms with E-state index in [2.05, 4.69) is 11.9 Å². The molecule has 1 amide bonds. The van der Waals surface area contributed by atoms with Gasteiger partial charge in [-0.25, -0.2) is 9.59 Å². The first-order chi connectivity index (χ1) is 8.65. The van der Waals surface area contributed by atoms with Crippen molar-refractivity contribution in [3.63, 3.8) is 0 Å². The van der Waals surface area contributed by atoms with E-state index in [4.69, 9.17) is 9.47 Å². The molecule has 0 aromatic heterocycles. The second kappa shape index (κ2) is 7.81. The number of nitrogens with one attached hydrogen (secondary N) is 1. The Morgan fingerprint density at radius 3 is 2.32 bits per heavy atom. The molecular weight excluding hydrogens is 246 g/mol. The van der Waals surface area contributed by atoms with Crippen molar-refractivity contribution in [3.05, 3.63) is 12.7 Å². The molecule has 0 heterocycles. The van der Waals surface area contributed by atoms with Crippen molar-refractivity contribution >= 4 is 12.1 Å². The van der Waals surface area contributed by atoms with Crippen LogP contribution in [0.5, 0.6) is 0 Å². The van der Waals surface area contributed by atoms with Crippen LogP contribution in [0.4, 0.5) is 4.79 Å². The molecule has 0 fully saturated rings. The van der Waals surface area contributed by atoms with Gasteiger partial charge in [-0.15, -0.1) is 0 Å². The highest BCUT2D eigenvalue weighted by molar-refractivity contribution is 5.81. The number of hydrogen-bond acceptors (Lipinski definition) is 4. The summed E-state index contributed by atoms with van der Waals surface area (Å²) in [6.45, 7) is 12.8. The van der Waals surface area contributed by atoms with Crippen molar-refractivity contribution in [2.24, 2.45) is 5.92 Å². The highest BCUT2D eigenvalue weighted by Crippen LogP contribution is 2.10. The van der Waals surface area contributed by atoms with Gasteiger partial charge in [0, 0.05) is 0 Å². The van der Waals surface area contributed by atoms with Gasteiger partial charge in [0.15, 0.2) is 0 Å². The topological polar surface area (TPSA) is 64.6 Å². The summed E-state index contributed by atoms with van der Waals surface area (Å²) < 4.78 is 10.1. The average molecular weight is 271 g/mol. The fourth-order valence-corrected chi connectivity index (χ4v) is 1.38. The minimum atomic E-state index is -0.699. The van der Waals surface area contributed by atoms with Gasteiger partial charge >= 0.3 is 12.1 Å². The number of alkyl carbamates (subject to hydrolysis) is 1. The standard InChI is InChI=1S/C14H25NO4/c1-7-8-18-12(16)11(9-10(2)3)15-13(17)19-14(4,5)6/h7,10-11H,1,8-9H2,2-6H3,(H,15,17)/t11-/m0/s1. The Balaban J connectivity index is 4.54. The summed E-state index contributed by atoms with van der Waals surface area (Å²) in [5, 5.41) is 2.54. The largest absolute Gasteiger partial charge is 0.460 e. The molecule has 0 aliphatic carbocycles. The van der Waals surface area contributed by atoms with E-state index < -0.39 is 23.7 Å². The summed E-state index contributed by atoms with van der Waals surface area (Å²) in [6.07, 6.45) is 1.36. The van der Waals surface area contributed by atoms with E-state index in [1.807, 2.05) is 13.8 Å². The molecule has 0 saturated carbocycles. The minimum absolute atomic E-state index is 0.128. The Hall–Kier alpha value is -1.52. The molecule has 0 aromatic rings. The number of amides is 1. The zero-order chi connectivity index (χ0) is 15.1. The Morgan fingerprint density at radius 1 is 1.32 bits per heavy atom. The summed E-state index contributed by atoms with van der Waals surface area (Å²) in [5.74, 6) is -0.226. The molecular formula is C14H25NO4. The molecule has 5 nitrogen and oxygen atoms in total. The van der Waals surface area contributed by atoms with Gasteiger partial charge in [0.1, 0.15) is 18.2 Å². The number of esters is 1. The van der Waals surface area contributed by atoms with E-state index in [0.29, 0.717) is 6.42 Å². The van der Waals surface area contributed by atoms with Crippen molar-refractivity contribution in [1.29, 1.82) is 0 Å². The van der Waals surface area contributed by atoms with Crippen LogP contribution in [-0.2, 0) is 14.3 Å². The van der Waals surface area contributed by atoms with Crippen molar-refractivity contribution in [3.8, 4) is 0 Å². The zero-order valence-corrected chi connectivity index (χ0v) is 12.5. The number of rotatable bonds is 6. The number of carbonyl (C=O) groups excluding carboxylic acids is 2. The van der Waals surface area contributed by atoms with Crippen LogP contribution in [0.25, 0.3) is 0 Å². The SMILES string of the molecule is C=CCOC(=O)[C@H](CC(C)C)NC(=O)OC(C)(C)C. The first-order valence-corrected chi connectivity index (χ1v) is 6.42. The van der Waals surface area contributed by atoms with Gasteiger partial charge in [-0.2, -0.15) is 0 Å². The molecule has 5 heteroatoms. The van der Waals surface area contributed by atoms with Crippen molar-refractivity contribution in [2.45, 2.75) is 52.7 Å². The van der Waals surface area contributed by atoms with E-state index in [-0.39, 0.29) is 12.5 Å². The van der Waals surface area contributed by atoms with Gasteiger partial charge in [-0.3, -0.25) is 0 Å². The third-order valence-corrected chi connectivity index (χ3v) is 2.03. The van der Waals surface area contributed by atoms with E-state index in [1.165, 1.54) is 6.08 Å². The summed E-state index contributed by atoms with van der Waals surface area (Å²) in [6, 6.07) is -0.699. The molecule has 0 spiro atoms. The van der Waals surface area contributed by atoms with Crippen LogP contribution >= 0.6 is 0 Å². The number of hydrogen-bond donors (Lipinski definition) is 1. The first-order valence-electron chi connectivity index (χ1n) is 6.42. The van der Waals surface area contributed by atoms with Crippen LogP contribution < -0.4 is 5.32 Å². The molecule has 19 heavy (non-hydrogen) atoms. The van der Waals surface area contributed by atoms with Crippen LogP contribution in [0.1, 0.15) is 41.0 Å². The van der Waals surface area contributed by atoms with E-state index in [0.717, 1.165) is 0 Å². The lowest BCUT2D eigenvalue weighted by Gasteiger charge is -2.23. The maximum absolute atomic E-state index is 11.8. The maximum Gasteiger partial charge on any atom is 0.408 e. The molecule has 0 bridgehead atoms. The lowest BCUT2D eigenvalue weighted by atomic mass is 10.0. The zero-order valence-electron chi connectivity index (χ0n) is 12.5. The molecule has 1 N–H and O–H groups in total. The highest BCUT2D eigenvalue weighted by atomic mass is 16.6. The van der Waals surface area contributed by atoms with Gasteiger partial charge in [0.25, 0.3) is 0 Å². The second-order valence-corrected chi connectivity index (χ2v) is 5.75. The van der Waals surface area contributed by atoms with Crippen LogP contribution in [0, 0.1) is 5.92 Å².